The lowest BCUT2D eigenvalue weighted by Crippen LogP contribution is -2.30. The van der Waals surface area contributed by atoms with Gasteiger partial charge >= 0.3 is 0 Å². The summed E-state index contributed by atoms with van der Waals surface area (Å²) in [7, 11) is 1.60. The number of carbonyl (C=O) groups excluding carboxylic acids is 3. The van der Waals surface area contributed by atoms with Crippen LogP contribution in [0.15, 0.2) is 66.7 Å². The molecule has 0 bridgehead atoms. The van der Waals surface area contributed by atoms with E-state index >= 15 is 0 Å². The number of nitrogens with zero attached hydrogens (tertiary/aromatic N) is 1. The van der Waals surface area contributed by atoms with Crippen molar-refractivity contribution in [1.82, 2.24) is 5.32 Å². The molecule has 1 heterocycles. The lowest BCUT2D eigenvalue weighted by molar-refractivity contribution is 0.0919. The maximum absolute atomic E-state index is 12.8. The van der Waals surface area contributed by atoms with Crippen molar-refractivity contribution in [2.24, 2.45) is 0 Å². The van der Waals surface area contributed by atoms with Crippen molar-refractivity contribution in [3.05, 3.63) is 94.5 Å². The van der Waals surface area contributed by atoms with Crippen LogP contribution in [0.5, 0.6) is 5.75 Å². The molecule has 0 aliphatic carbocycles. The molecule has 3 amide bonds. The van der Waals surface area contributed by atoms with E-state index in [1.54, 1.807) is 56.5 Å². The second kappa shape index (κ2) is 7.83. The second-order valence-electron chi connectivity index (χ2n) is 7.02. The van der Waals surface area contributed by atoms with E-state index in [2.05, 4.69) is 5.32 Å². The Balaban J connectivity index is 1.55. The quantitative estimate of drug-likeness (QED) is 0.662. The van der Waals surface area contributed by atoms with Crippen molar-refractivity contribution < 1.29 is 19.1 Å². The van der Waals surface area contributed by atoms with Gasteiger partial charge in [-0.05, 0) is 54.4 Å². The van der Waals surface area contributed by atoms with Crippen molar-refractivity contribution in [3.63, 3.8) is 0 Å². The standard InChI is InChI=1S/C24H20N2O4/c1-15-7-10-17(22(27)25-14-16-8-11-18(30-2)12-9-16)13-21(15)26-23(28)19-5-3-4-6-20(19)24(26)29/h3-13H,14H2,1-2H3,(H,25,27). The maximum atomic E-state index is 12.8. The van der Waals surface area contributed by atoms with Gasteiger partial charge in [0, 0.05) is 12.1 Å². The Morgan fingerprint density at radius 2 is 1.57 bits per heavy atom. The highest BCUT2D eigenvalue weighted by atomic mass is 16.5. The number of ether oxygens (including phenoxy) is 1. The molecule has 0 fully saturated rings. The number of aryl methyl sites for hydroxylation is 1. The summed E-state index contributed by atoms with van der Waals surface area (Å²) < 4.78 is 5.13. The predicted octanol–water partition coefficient (Wildman–Crippen LogP) is 3.73. The first-order valence-corrected chi connectivity index (χ1v) is 9.49. The summed E-state index contributed by atoms with van der Waals surface area (Å²) in [6, 6.07) is 19.1. The van der Waals surface area contributed by atoms with Crippen molar-refractivity contribution in [1.29, 1.82) is 0 Å². The fraction of sp³-hybridized carbons (Fsp3) is 0.125. The van der Waals surface area contributed by atoms with Crippen LogP contribution in [0.1, 0.15) is 42.2 Å². The van der Waals surface area contributed by atoms with Gasteiger partial charge in [0.15, 0.2) is 0 Å². The fourth-order valence-corrected chi connectivity index (χ4v) is 3.43. The van der Waals surface area contributed by atoms with Gasteiger partial charge in [-0.1, -0.05) is 30.3 Å². The number of carbonyl (C=O) groups is 3. The van der Waals surface area contributed by atoms with Crippen molar-refractivity contribution in [2.75, 3.05) is 12.0 Å². The molecule has 1 N–H and O–H groups in total. The Bertz CT molecular complexity index is 1120. The zero-order valence-corrected chi connectivity index (χ0v) is 16.6. The number of rotatable bonds is 5. The molecule has 0 saturated carbocycles. The molecule has 0 unspecified atom stereocenters. The average Bonchev–Trinajstić information content (AvgIpc) is 3.03. The number of amides is 3. The van der Waals surface area contributed by atoms with Crippen LogP contribution in [-0.2, 0) is 6.54 Å². The first kappa shape index (κ1) is 19.4. The third kappa shape index (κ3) is 3.43. The molecule has 3 aromatic rings. The van der Waals surface area contributed by atoms with Crippen LogP contribution in [0.4, 0.5) is 5.69 Å². The van der Waals surface area contributed by atoms with Crippen LogP contribution < -0.4 is 15.0 Å². The van der Waals surface area contributed by atoms with Crippen LogP contribution in [0.25, 0.3) is 0 Å². The van der Waals surface area contributed by atoms with Gasteiger partial charge in [-0.3, -0.25) is 14.4 Å². The monoisotopic (exact) mass is 400 g/mol. The molecule has 1 aliphatic rings. The predicted molar refractivity (Wildman–Crippen MR) is 113 cm³/mol. The first-order valence-electron chi connectivity index (χ1n) is 9.49. The van der Waals surface area contributed by atoms with Crippen LogP contribution in [-0.4, -0.2) is 24.8 Å². The number of methoxy groups -OCH3 is 1. The molecule has 0 spiro atoms. The van der Waals surface area contributed by atoms with E-state index in [0.29, 0.717) is 28.9 Å². The van der Waals surface area contributed by atoms with Gasteiger partial charge in [-0.2, -0.15) is 0 Å². The van der Waals surface area contributed by atoms with Gasteiger partial charge < -0.3 is 10.1 Å². The van der Waals surface area contributed by atoms with Gasteiger partial charge in [0.2, 0.25) is 0 Å². The van der Waals surface area contributed by atoms with E-state index in [1.807, 2.05) is 24.3 Å². The number of benzene rings is 3. The van der Waals surface area contributed by atoms with E-state index in [9.17, 15) is 14.4 Å². The molecule has 1 aliphatic heterocycles. The van der Waals surface area contributed by atoms with E-state index in [4.69, 9.17) is 4.74 Å². The highest BCUT2D eigenvalue weighted by Crippen LogP contribution is 2.31. The number of hydrogen-bond donors (Lipinski definition) is 1. The molecule has 4 rings (SSSR count). The van der Waals surface area contributed by atoms with Crippen molar-refractivity contribution >= 4 is 23.4 Å². The Morgan fingerprint density at radius 3 is 2.17 bits per heavy atom. The molecule has 3 aromatic carbocycles. The van der Waals surface area contributed by atoms with Gasteiger partial charge in [0.1, 0.15) is 5.75 Å². The summed E-state index contributed by atoms with van der Waals surface area (Å²) in [6.07, 6.45) is 0. The molecular weight excluding hydrogens is 380 g/mol. The molecule has 0 saturated heterocycles. The third-order valence-corrected chi connectivity index (χ3v) is 5.12. The molecule has 0 radical (unpaired) electrons. The smallest absolute Gasteiger partial charge is 0.266 e. The van der Waals surface area contributed by atoms with E-state index in [0.717, 1.165) is 21.8 Å². The molecular formula is C24H20N2O4. The Kier molecular flexibility index (Phi) is 5.06. The Morgan fingerprint density at radius 1 is 0.933 bits per heavy atom. The number of nitrogens with one attached hydrogen (secondary N) is 1. The van der Waals surface area contributed by atoms with E-state index in [-0.39, 0.29) is 17.7 Å². The van der Waals surface area contributed by atoms with Gasteiger partial charge in [-0.15, -0.1) is 0 Å². The van der Waals surface area contributed by atoms with Crippen LogP contribution >= 0.6 is 0 Å². The number of anilines is 1. The normalized spacial score (nSPS) is 12.7. The lowest BCUT2D eigenvalue weighted by atomic mass is 10.1. The van der Waals surface area contributed by atoms with Gasteiger partial charge in [0.25, 0.3) is 17.7 Å². The van der Waals surface area contributed by atoms with E-state index < -0.39 is 0 Å². The SMILES string of the molecule is COc1ccc(CNC(=O)c2ccc(C)c(N3C(=O)c4ccccc4C3=O)c2)cc1. The summed E-state index contributed by atoms with van der Waals surface area (Å²) in [6.45, 7) is 2.15. The van der Waals surface area contributed by atoms with E-state index in [1.165, 1.54) is 0 Å². The minimum Gasteiger partial charge on any atom is -0.497 e. The Labute approximate surface area is 174 Å². The van der Waals surface area contributed by atoms with Gasteiger partial charge in [0.05, 0.1) is 23.9 Å². The van der Waals surface area contributed by atoms with Crippen LogP contribution in [0, 0.1) is 6.92 Å². The fourth-order valence-electron chi connectivity index (χ4n) is 3.43. The van der Waals surface area contributed by atoms with Crippen molar-refractivity contribution in [2.45, 2.75) is 13.5 Å². The molecule has 0 aromatic heterocycles. The zero-order valence-electron chi connectivity index (χ0n) is 16.6. The zero-order chi connectivity index (χ0) is 21.3. The largest absolute Gasteiger partial charge is 0.497 e. The molecule has 0 atom stereocenters. The maximum Gasteiger partial charge on any atom is 0.266 e. The third-order valence-electron chi connectivity index (χ3n) is 5.12. The second-order valence-corrected chi connectivity index (χ2v) is 7.02. The summed E-state index contributed by atoms with van der Waals surface area (Å²) in [4.78, 5) is 39.4. The highest BCUT2D eigenvalue weighted by molar-refractivity contribution is 6.34. The van der Waals surface area contributed by atoms with Crippen LogP contribution in [0.3, 0.4) is 0 Å². The number of hydrogen-bond acceptors (Lipinski definition) is 4. The minimum atomic E-state index is -0.380. The minimum absolute atomic E-state index is 0.288. The summed E-state index contributed by atoms with van der Waals surface area (Å²) in [5.41, 5.74) is 3.19. The van der Waals surface area contributed by atoms with Gasteiger partial charge in [-0.25, -0.2) is 4.90 Å². The number of imide groups is 1. The average molecular weight is 400 g/mol. The molecule has 150 valence electrons. The molecule has 30 heavy (non-hydrogen) atoms. The topological polar surface area (TPSA) is 75.7 Å². The highest BCUT2D eigenvalue weighted by Gasteiger charge is 2.37. The molecule has 6 nitrogen and oxygen atoms in total. The Hall–Kier alpha value is -3.93. The lowest BCUT2D eigenvalue weighted by Gasteiger charge is -2.18. The summed E-state index contributed by atoms with van der Waals surface area (Å²) in [5, 5.41) is 2.86. The summed E-state index contributed by atoms with van der Waals surface area (Å²) in [5.74, 6) is -0.304. The number of fused-ring (bicyclic) bond motifs is 1. The van der Waals surface area contributed by atoms with Crippen LogP contribution in [0.2, 0.25) is 0 Å². The molecule has 6 heteroatoms. The van der Waals surface area contributed by atoms with Crippen molar-refractivity contribution in [3.8, 4) is 5.75 Å². The first-order chi connectivity index (χ1) is 14.5. The summed E-state index contributed by atoms with van der Waals surface area (Å²) >= 11 is 0.